The molecule has 0 aromatic rings. The Morgan fingerprint density at radius 2 is 2.42 bits per heavy atom. The molecule has 0 amide bonds. The maximum atomic E-state index is 10.5. The van der Waals surface area contributed by atoms with Crippen molar-refractivity contribution >= 4 is 23.1 Å². The smallest absolute Gasteiger partial charge is 0.337 e. The summed E-state index contributed by atoms with van der Waals surface area (Å²) in [5.41, 5.74) is 0.105. The van der Waals surface area contributed by atoms with Gasteiger partial charge in [0.05, 0.1) is 11.1 Å². The van der Waals surface area contributed by atoms with Gasteiger partial charge in [-0.05, 0) is 6.08 Å². The van der Waals surface area contributed by atoms with E-state index in [4.69, 9.17) is 22.6 Å². The summed E-state index contributed by atoms with van der Waals surface area (Å²) < 4.78 is 0. The second-order valence-electron chi connectivity index (χ2n) is 2.24. The Balaban J connectivity index is 3.23. The zero-order valence-corrected chi connectivity index (χ0v) is 6.89. The molecular weight excluding hydrogens is 174 g/mol. The van der Waals surface area contributed by atoms with Crippen molar-refractivity contribution in [3.8, 4) is 6.07 Å². The number of allylic oxidation sites excluding steroid dienone is 2. The maximum absolute atomic E-state index is 10.5. The first-order chi connectivity index (χ1) is 5.66. The number of thiocarbonyl (C=S) groups is 1. The van der Waals surface area contributed by atoms with Crippen molar-refractivity contribution in [3.05, 3.63) is 23.3 Å². The third-order valence-electron chi connectivity index (χ3n) is 1.48. The largest absolute Gasteiger partial charge is 0.478 e. The van der Waals surface area contributed by atoms with Crippen molar-refractivity contribution in [2.45, 2.75) is 6.42 Å². The average molecular weight is 179 g/mol. The molecule has 0 aliphatic heterocycles. The Labute approximate surface area is 74.6 Å². The predicted octanol–water partition coefficient (Wildman–Crippen LogP) is 1.22. The molecule has 3 nitrogen and oxygen atoms in total. The molecule has 0 saturated heterocycles. The highest BCUT2D eigenvalue weighted by molar-refractivity contribution is 7.80. The second kappa shape index (κ2) is 3.28. The Hall–Kier alpha value is -1.47. The maximum Gasteiger partial charge on any atom is 0.337 e. The zero-order chi connectivity index (χ0) is 9.14. The number of rotatable bonds is 1. The summed E-state index contributed by atoms with van der Waals surface area (Å²) >= 11 is 4.83. The van der Waals surface area contributed by atoms with Gasteiger partial charge in [0.25, 0.3) is 0 Å². The molecule has 1 rings (SSSR count). The van der Waals surface area contributed by atoms with Crippen LogP contribution < -0.4 is 0 Å². The van der Waals surface area contributed by atoms with Crippen LogP contribution in [0.1, 0.15) is 6.42 Å². The van der Waals surface area contributed by atoms with Gasteiger partial charge in [-0.3, -0.25) is 0 Å². The van der Waals surface area contributed by atoms with Crippen LogP contribution in [0.2, 0.25) is 0 Å². The molecule has 1 aliphatic carbocycles. The number of hydrogen-bond acceptors (Lipinski definition) is 3. The molecule has 0 bridgehead atoms. The summed E-state index contributed by atoms with van der Waals surface area (Å²) in [5.74, 6) is -1.11. The molecule has 4 heteroatoms. The van der Waals surface area contributed by atoms with Crippen molar-refractivity contribution < 1.29 is 9.90 Å². The molecule has 1 N–H and O–H groups in total. The molecule has 0 aromatic carbocycles. The lowest BCUT2D eigenvalue weighted by Gasteiger charge is -2.06. The van der Waals surface area contributed by atoms with Gasteiger partial charge in [0.1, 0.15) is 6.07 Å². The van der Waals surface area contributed by atoms with Crippen molar-refractivity contribution in [1.82, 2.24) is 0 Å². The van der Waals surface area contributed by atoms with Gasteiger partial charge in [-0.1, -0.05) is 18.3 Å². The number of carboxylic acid groups (broad SMARTS) is 1. The second-order valence-corrected chi connectivity index (χ2v) is 2.73. The fraction of sp³-hybridized carbons (Fsp3) is 0.125. The van der Waals surface area contributed by atoms with Gasteiger partial charge < -0.3 is 5.11 Å². The van der Waals surface area contributed by atoms with E-state index in [-0.39, 0.29) is 11.1 Å². The van der Waals surface area contributed by atoms with E-state index in [1.807, 2.05) is 0 Å². The lowest BCUT2D eigenvalue weighted by Crippen LogP contribution is -2.10. The number of hydrogen-bond donors (Lipinski definition) is 1. The van der Waals surface area contributed by atoms with E-state index in [9.17, 15) is 4.79 Å². The first-order valence-electron chi connectivity index (χ1n) is 3.24. The molecule has 0 saturated carbocycles. The van der Waals surface area contributed by atoms with Gasteiger partial charge in [0.2, 0.25) is 0 Å². The molecule has 0 aromatic heterocycles. The summed E-state index contributed by atoms with van der Waals surface area (Å²) in [4.78, 5) is 10.9. The Bertz CT molecular complexity index is 347. The van der Waals surface area contributed by atoms with Gasteiger partial charge in [-0.25, -0.2) is 4.79 Å². The number of nitrogens with zero attached hydrogens (tertiary/aromatic N) is 1. The van der Waals surface area contributed by atoms with Crippen molar-refractivity contribution in [2.75, 3.05) is 0 Å². The predicted molar refractivity (Wildman–Crippen MR) is 46.6 cm³/mol. The van der Waals surface area contributed by atoms with Crippen molar-refractivity contribution in [1.29, 1.82) is 5.26 Å². The van der Waals surface area contributed by atoms with Crippen LogP contribution in [-0.2, 0) is 4.79 Å². The minimum atomic E-state index is -1.11. The number of carboxylic acids is 1. The van der Waals surface area contributed by atoms with Crippen LogP contribution in [-0.4, -0.2) is 15.9 Å². The topological polar surface area (TPSA) is 61.1 Å². The monoisotopic (exact) mass is 179 g/mol. The van der Waals surface area contributed by atoms with Crippen LogP contribution in [0, 0.1) is 11.3 Å². The molecule has 0 spiro atoms. The first kappa shape index (κ1) is 8.62. The van der Waals surface area contributed by atoms with E-state index in [0.717, 1.165) is 0 Å². The quantitative estimate of drug-likeness (QED) is 0.615. The molecule has 0 atom stereocenters. The Kier molecular flexibility index (Phi) is 2.36. The van der Waals surface area contributed by atoms with E-state index in [1.165, 1.54) is 6.08 Å². The third kappa shape index (κ3) is 1.41. The SMILES string of the molecule is N#CC1=C(C(=O)O)C=CCC1=S. The lowest BCUT2D eigenvalue weighted by atomic mass is 9.99. The van der Waals surface area contributed by atoms with Crippen molar-refractivity contribution in [3.63, 3.8) is 0 Å². The molecule has 0 heterocycles. The fourth-order valence-electron chi connectivity index (χ4n) is 0.920. The van der Waals surface area contributed by atoms with E-state index in [2.05, 4.69) is 0 Å². The van der Waals surface area contributed by atoms with Crippen LogP contribution in [0.3, 0.4) is 0 Å². The summed E-state index contributed by atoms with van der Waals surface area (Å²) in [5, 5.41) is 17.2. The number of nitriles is 1. The van der Waals surface area contributed by atoms with E-state index < -0.39 is 5.97 Å². The van der Waals surface area contributed by atoms with Crippen molar-refractivity contribution in [2.24, 2.45) is 0 Å². The third-order valence-corrected chi connectivity index (χ3v) is 1.85. The minimum absolute atomic E-state index is 0.00579. The van der Waals surface area contributed by atoms with Gasteiger partial charge in [-0.2, -0.15) is 5.26 Å². The van der Waals surface area contributed by atoms with Crippen LogP contribution in [0.5, 0.6) is 0 Å². The highest BCUT2D eigenvalue weighted by Crippen LogP contribution is 2.16. The normalized spacial score (nSPS) is 16.1. The molecule has 0 radical (unpaired) electrons. The first-order valence-corrected chi connectivity index (χ1v) is 3.65. The standard InChI is InChI=1S/C8H5NO2S/c9-4-6-5(8(10)11)2-1-3-7(6)12/h1-2H,3H2,(H,10,11). The number of carbonyl (C=O) groups is 1. The Morgan fingerprint density at radius 3 is 2.83 bits per heavy atom. The van der Waals surface area contributed by atoms with Crippen LogP contribution in [0.4, 0.5) is 0 Å². The molecule has 1 aliphatic rings. The van der Waals surface area contributed by atoms with Crippen LogP contribution >= 0.6 is 12.2 Å². The molecule has 12 heavy (non-hydrogen) atoms. The van der Waals surface area contributed by atoms with Crippen LogP contribution in [0.15, 0.2) is 23.3 Å². The highest BCUT2D eigenvalue weighted by Gasteiger charge is 2.17. The Morgan fingerprint density at radius 1 is 1.75 bits per heavy atom. The van der Waals surface area contributed by atoms with Crippen LogP contribution in [0.25, 0.3) is 0 Å². The van der Waals surface area contributed by atoms with E-state index in [1.54, 1.807) is 12.1 Å². The van der Waals surface area contributed by atoms with E-state index >= 15 is 0 Å². The molecule has 0 unspecified atom stereocenters. The minimum Gasteiger partial charge on any atom is -0.478 e. The highest BCUT2D eigenvalue weighted by atomic mass is 32.1. The summed E-state index contributed by atoms with van der Waals surface area (Å²) in [6, 6.07) is 1.79. The molecular formula is C8H5NO2S. The number of aliphatic carboxylic acids is 1. The molecule has 0 fully saturated rings. The van der Waals surface area contributed by atoms with Gasteiger partial charge in [-0.15, -0.1) is 0 Å². The average Bonchev–Trinajstić information content (AvgIpc) is 2.03. The van der Waals surface area contributed by atoms with Gasteiger partial charge in [0, 0.05) is 11.3 Å². The lowest BCUT2D eigenvalue weighted by molar-refractivity contribution is -0.132. The summed E-state index contributed by atoms with van der Waals surface area (Å²) in [7, 11) is 0. The summed E-state index contributed by atoms with van der Waals surface area (Å²) in [6.45, 7) is 0. The van der Waals surface area contributed by atoms with E-state index in [0.29, 0.717) is 11.3 Å². The molecule has 60 valence electrons. The zero-order valence-electron chi connectivity index (χ0n) is 6.07. The van der Waals surface area contributed by atoms with Gasteiger partial charge in [0.15, 0.2) is 0 Å². The van der Waals surface area contributed by atoms with Gasteiger partial charge >= 0.3 is 5.97 Å². The fourth-order valence-corrected chi connectivity index (χ4v) is 1.17. The summed E-state index contributed by atoms with van der Waals surface area (Å²) in [6.07, 6.45) is 3.54.